The van der Waals surface area contributed by atoms with Gasteiger partial charge in [0.1, 0.15) is 5.75 Å². The molecule has 0 saturated heterocycles. The van der Waals surface area contributed by atoms with Crippen molar-refractivity contribution in [3.8, 4) is 11.6 Å². The predicted octanol–water partition coefficient (Wildman–Crippen LogP) is 4.78. The molecule has 1 heterocycles. The SMILES string of the molecule is CCc1cc(CCl)cc(Oc2ccccc2I)n1. The lowest BCUT2D eigenvalue weighted by atomic mass is 10.2. The highest BCUT2D eigenvalue weighted by atomic mass is 127. The standard InChI is InChI=1S/C14H13ClINO/c1-2-11-7-10(9-15)8-14(17-11)18-13-6-4-3-5-12(13)16/h3-8H,2,9H2,1H3. The van der Waals surface area contributed by atoms with Crippen molar-refractivity contribution in [3.63, 3.8) is 0 Å². The number of hydrogen-bond acceptors (Lipinski definition) is 2. The number of rotatable bonds is 4. The van der Waals surface area contributed by atoms with Crippen molar-refractivity contribution >= 4 is 34.2 Å². The molecule has 94 valence electrons. The van der Waals surface area contributed by atoms with E-state index in [9.17, 15) is 0 Å². The summed E-state index contributed by atoms with van der Waals surface area (Å²) in [5.41, 5.74) is 2.03. The van der Waals surface area contributed by atoms with E-state index >= 15 is 0 Å². The van der Waals surface area contributed by atoms with E-state index in [0.29, 0.717) is 11.8 Å². The third-order valence-electron chi connectivity index (χ3n) is 2.48. The van der Waals surface area contributed by atoms with Crippen molar-refractivity contribution in [2.75, 3.05) is 0 Å². The summed E-state index contributed by atoms with van der Waals surface area (Å²) in [5.74, 6) is 1.89. The number of para-hydroxylation sites is 1. The lowest BCUT2D eigenvalue weighted by molar-refractivity contribution is 0.457. The van der Waals surface area contributed by atoms with Crippen molar-refractivity contribution in [3.05, 3.63) is 51.2 Å². The molecule has 0 amide bonds. The lowest BCUT2D eigenvalue weighted by Gasteiger charge is -2.09. The Labute approximate surface area is 125 Å². The molecule has 4 heteroatoms. The molecule has 0 radical (unpaired) electrons. The molecule has 0 aliphatic carbocycles. The summed E-state index contributed by atoms with van der Waals surface area (Å²) in [7, 11) is 0. The second-order valence-electron chi connectivity index (χ2n) is 3.82. The van der Waals surface area contributed by atoms with E-state index in [1.54, 1.807) is 0 Å². The van der Waals surface area contributed by atoms with E-state index in [0.717, 1.165) is 27.0 Å². The molecule has 0 N–H and O–H groups in total. The summed E-state index contributed by atoms with van der Waals surface area (Å²) < 4.78 is 6.88. The zero-order valence-electron chi connectivity index (χ0n) is 9.99. The van der Waals surface area contributed by atoms with Crippen LogP contribution in [0.1, 0.15) is 18.2 Å². The van der Waals surface area contributed by atoms with E-state index in [-0.39, 0.29) is 0 Å². The van der Waals surface area contributed by atoms with Crippen molar-refractivity contribution < 1.29 is 4.74 Å². The van der Waals surface area contributed by atoms with Crippen LogP contribution in [0, 0.1) is 3.57 Å². The molecule has 0 fully saturated rings. The highest BCUT2D eigenvalue weighted by molar-refractivity contribution is 14.1. The minimum atomic E-state index is 0.470. The van der Waals surface area contributed by atoms with Gasteiger partial charge in [-0.15, -0.1) is 11.6 Å². The molecule has 2 nitrogen and oxygen atoms in total. The van der Waals surface area contributed by atoms with Crippen molar-refractivity contribution in [2.24, 2.45) is 0 Å². The maximum Gasteiger partial charge on any atom is 0.219 e. The molecular formula is C14H13ClINO. The highest BCUT2D eigenvalue weighted by Gasteiger charge is 2.06. The Balaban J connectivity index is 2.31. The monoisotopic (exact) mass is 373 g/mol. The Morgan fingerprint density at radius 2 is 2.06 bits per heavy atom. The molecule has 0 saturated carbocycles. The Morgan fingerprint density at radius 3 is 2.72 bits per heavy atom. The lowest BCUT2D eigenvalue weighted by Crippen LogP contribution is -1.95. The van der Waals surface area contributed by atoms with Crippen LogP contribution < -0.4 is 4.74 Å². The summed E-state index contributed by atoms with van der Waals surface area (Å²) in [6, 6.07) is 11.8. The first kappa shape index (κ1) is 13.6. The predicted molar refractivity (Wildman–Crippen MR) is 82.4 cm³/mol. The Kier molecular flexibility index (Phi) is 4.83. The van der Waals surface area contributed by atoms with Crippen LogP contribution in [0.25, 0.3) is 0 Å². The van der Waals surface area contributed by atoms with Gasteiger partial charge in [0.25, 0.3) is 0 Å². The summed E-state index contributed by atoms with van der Waals surface area (Å²) in [5, 5.41) is 0. The Hall–Kier alpha value is -0.810. The van der Waals surface area contributed by atoms with Crippen LogP contribution in [-0.4, -0.2) is 4.98 Å². The van der Waals surface area contributed by atoms with Gasteiger partial charge in [0.2, 0.25) is 5.88 Å². The number of benzene rings is 1. The van der Waals surface area contributed by atoms with Gasteiger partial charge >= 0.3 is 0 Å². The number of nitrogens with zero attached hydrogens (tertiary/aromatic N) is 1. The molecule has 0 unspecified atom stereocenters. The van der Waals surface area contributed by atoms with Crippen molar-refractivity contribution in [2.45, 2.75) is 19.2 Å². The van der Waals surface area contributed by atoms with E-state index < -0.39 is 0 Å². The molecule has 1 aromatic heterocycles. The van der Waals surface area contributed by atoms with Gasteiger partial charge in [0.15, 0.2) is 0 Å². The highest BCUT2D eigenvalue weighted by Crippen LogP contribution is 2.26. The van der Waals surface area contributed by atoms with Crippen LogP contribution >= 0.6 is 34.2 Å². The zero-order valence-corrected chi connectivity index (χ0v) is 12.9. The average molecular weight is 374 g/mol. The van der Waals surface area contributed by atoms with Gasteiger partial charge < -0.3 is 4.74 Å². The molecule has 0 atom stereocenters. The Bertz CT molecular complexity index is 523. The molecule has 2 aromatic rings. The number of halogens is 2. The molecule has 0 aliphatic heterocycles. The minimum Gasteiger partial charge on any atom is -0.438 e. The van der Waals surface area contributed by atoms with Crippen LogP contribution in [0.2, 0.25) is 0 Å². The number of hydrogen-bond donors (Lipinski definition) is 0. The molecule has 0 spiro atoms. The summed E-state index contributed by atoms with van der Waals surface area (Å²) >= 11 is 8.12. The third-order valence-corrected chi connectivity index (χ3v) is 3.68. The normalized spacial score (nSPS) is 10.4. The molecular weight excluding hydrogens is 361 g/mol. The summed E-state index contributed by atoms with van der Waals surface area (Å²) in [6.07, 6.45) is 0.868. The number of aryl methyl sites for hydroxylation is 1. The average Bonchev–Trinajstić information content (AvgIpc) is 2.41. The number of aromatic nitrogens is 1. The zero-order chi connectivity index (χ0) is 13.0. The second kappa shape index (κ2) is 6.38. The van der Waals surface area contributed by atoms with Crippen LogP contribution in [0.5, 0.6) is 11.6 Å². The summed E-state index contributed by atoms with van der Waals surface area (Å²) in [4.78, 5) is 4.45. The topological polar surface area (TPSA) is 22.1 Å². The fourth-order valence-electron chi connectivity index (χ4n) is 1.57. The quantitative estimate of drug-likeness (QED) is 0.568. The van der Waals surface area contributed by atoms with Crippen LogP contribution in [0.4, 0.5) is 0 Å². The molecule has 1 aromatic carbocycles. The fourth-order valence-corrected chi connectivity index (χ4v) is 2.22. The van der Waals surface area contributed by atoms with Gasteiger partial charge in [0, 0.05) is 17.6 Å². The first-order chi connectivity index (χ1) is 8.72. The van der Waals surface area contributed by atoms with E-state index in [2.05, 4.69) is 34.5 Å². The van der Waals surface area contributed by atoms with Crippen molar-refractivity contribution in [1.29, 1.82) is 0 Å². The second-order valence-corrected chi connectivity index (χ2v) is 5.25. The number of pyridine rings is 1. The maximum absolute atomic E-state index is 5.88. The first-order valence-electron chi connectivity index (χ1n) is 5.71. The number of alkyl halides is 1. The van der Waals surface area contributed by atoms with Crippen LogP contribution in [0.15, 0.2) is 36.4 Å². The Morgan fingerprint density at radius 1 is 1.28 bits per heavy atom. The van der Waals surface area contributed by atoms with Crippen LogP contribution in [0.3, 0.4) is 0 Å². The van der Waals surface area contributed by atoms with Gasteiger partial charge in [-0.05, 0) is 52.8 Å². The third kappa shape index (κ3) is 3.36. The van der Waals surface area contributed by atoms with Gasteiger partial charge in [-0.25, -0.2) is 4.98 Å². The fraction of sp³-hybridized carbons (Fsp3) is 0.214. The number of ether oxygens (including phenoxy) is 1. The van der Waals surface area contributed by atoms with Gasteiger partial charge in [-0.1, -0.05) is 19.1 Å². The smallest absolute Gasteiger partial charge is 0.219 e. The molecule has 0 aliphatic rings. The van der Waals surface area contributed by atoms with Gasteiger partial charge in [-0.3, -0.25) is 0 Å². The minimum absolute atomic E-state index is 0.470. The van der Waals surface area contributed by atoms with E-state index in [4.69, 9.17) is 16.3 Å². The maximum atomic E-state index is 5.88. The van der Waals surface area contributed by atoms with E-state index in [1.807, 2.05) is 36.4 Å². The first-order valence-corrected chi connectivity index (χ1v) is 7.32. The molecule has 0 bridgehead atoms. The van der Waals surface area contributed by atoms with Crippen molar-refractivity contribution in [1.82, 2.24) is 4.98 Å². The van der Waals surface area contributed by atoms with Gasteiger partial charge in [0.05, 0.1) is 3.57 Å². The largest absolute Gasteiger partial charge is 0.438 e. The van der Waals surface area contributed by atoms with Crippen LogP contribution in [-0.2, 0) is 12.3 Å². The van der Waals surface area contributed by atoms with E-state index in [1.165, 1.54) is 0 Å². The van der Waals surface area contributed by atoms with Gasteiger partial charge in [-0.2, -0.15) is 0 Å². The molecule has 2 rings (SSSR count). The molecule has 18 heavy (non-hydrogen) atoms. The summed E-state index contributed by atoms with van der Waals surface area (Å²) in [6.45, 7) is 2.07.